The van der Waals surface area contributed by atoms with Crippen molar-refractivity contribution in [2.45, 2.75) is 6.10 Å². The van der Waals surface area contributed by atoms with Crippen LogP contribution in [-0.2, 0) is 0 Å². The van der Waals surface area contributed by atoms with Crippen molar-refractivity contribution < 1.29 is 9.84 Å². The number of aliphatic hydroxyl groups excluding tert-OH is 1. The molecule has 0 aliphatic carbocycles. The third kappa shape index (κ3) is 3.47. The molecule has 1 unspecified atom stereocenters. The van der Waals surface area contributed by atoms with Crippen molar-refractivity contribution in [3.63, 3.8) is 0 Å². The molecule has 96 valence electrons. The molecule has 0 radical (unpaired) electrons. The lowest BCUT2D eigenvalue weighted by Gasteiger charge is -2.13. The molecular weight excluding hydrogens is 262 g/mol. The second-order valence-corrected chi connectivity index (χ2v) is 4.40. The van der Waals surface area contributed by atoms with E-state index in [9.17, 15) is 5.11 Å². The number of aliphatic hydroxyl groups is 1. The number of benzene rings is 2. The monoisotopic (exact) mass is 273 g/mol. The molecule has 0 aromatic heterocycles. The van der Waals surface area contributed by atoms with Gasteiger partial charge in [0.2, 0.25) is 0 Å². The highest BCUT2D eigenvalue weighted by Crippen LogP contribution is 2.26. The predicted octanol–water partition coefficient (Wildman–Crippen LogP) is 3.32. The van der Waals surface area contributed by atoms with E-state index in [1.165, 1.54) is 6.07 Å². The Kier molecular flexibility index (Phi) is 4.40. The van der Waals surface area contributed by atoms with Gasteiger partial charge in [0.1, 0.15) is 18.5 Å². The van der Waals surface area contributed by atoms with E-state index in [1.807, 2.05) is 36.4 Å². The number of nitrogens with zero attached hydrogens (tertiary/aromatic N) is 1. The molecule has 4 heteroatoms. The summed E-state index contributed by atoms with van der Waals surface area (Å²) in [5.74, 6) is 0.454. The Bertz CT molecular complexity index is 593. The van der Waals surface area contributed by atoms with Crippen molar-refractivity contribution in [1.82, 2.24) is 0 Å². The quantitative estimate of drug-likeness (QED) is 0.930. The first-order valence-electron chi connectivity index (χ1n) is 5.76. The lowest BCUT2D eigenvalue weighted by atomic mass is 10.1. The summed E-state index contributed by atoms with van der Waals surface area (Å²) in [5, 5.41) is 19.0. The molecule has 0 saturated heterocycles. The molecule has 0 heterocycles. The summed E-state index contributed by atoms with van der Waals surface area (Å²) >= 11 is 5.98. The van der Waals surface area contributed by atoms with Crippen LogP contribution in [0.3, 0.4) is 0 Å². The summed E-state index contributed by atoms with van der Waals surface area (Å²) in [6.45, 7) is 0.107. The smallest absolute Gasteiger partial charge is 0.138 e. The molecule has 0 amide bonds. The fraction of sp³-hybridized carbons (Fsp3) is 0.133. The van der Waals surface area contributed by atoms with Crippen LogP contribution < -0.4 is 4.74 Å². The lowest BCUT2D eigenvalue weighted by Crippen LogP contribution is -2.09. The number of nitriles is 1. The number of rotatable bonds is 4. The predicted molar refractivity (Wildman–Crippen MR) is 73.1 cm³/mol. The molecule has 0 spiro atoms. The highest BCUT2D eigenvalue weighted by molar-refractivity contribution is 6.32. The largest absolute Gasteiger partial charge is 0.489 e. The standard InChI is InChI=1S/C15H12ClNO2/c16-13-8-11(9-17)6-7-15(13)19-10-14(18)12-4-2-1-3-5-12/h1-8,14,18H,10H2. The molecule has 0 bridgehead atoms. The van der Waals surface area contributed by atoms with E-state index in [0.29, 0.717) is 16.3 Å². The van der Waals surface area contributed by atoms with Crippen LogP contribution in [0.15, 0.2) is 48.5 Å². The van der Waals surface area contributed by atoms with Gasteiger partial charge < -0.3 is 9.84 Å². The van der Waals surface area contributed by atoms with E-state index in [-0.39, 0.29) is 6.61 Å². The van der Waals surface area contributed by atoms with Crippen LogP contribution in [-0.4, -0.2) is 11.7 Å². The van der Waals surface area contributed by atoms with Crippen LogP contribution in [0.4, 0.5) is 0 Å². The van der Waals surface area contributed by atoms with Crippen LogP contribution in [0, 0.1) is 11.3 Å². The zero-order chi connectivity index (χ0) is 13.7. The zero-order valence-electron chi connectivity index (χ0n) is 10.1. The van der Waals surface area contributed by atoms with Crippen molar-refractivity contribution in [2.24, 2.45) is 0 Å². The SMILES string of the molecule is N#Cc1ccc(OCC(O)c2ccccc2)c(Cl)c1. The van der Waals surface area contributed by atoms with Crippen LogP contribution in [0.2, 0.25) is 5.02 Å². The number of hydrogen-bond donors (Lipinski definition) is 1. The fourth-order valence-electron chi connectivity index (χ4n) is 1.63. The van der Waals surface area contributed by atoms with Crippen molar-refractivity contribution in [3.05, 3.63) is 64.7 Å². The Balaban J connectivity index is 2.01. The number of halogens is 1. The van der Waals surface area contributed by atoms with E-state index in [0.717, 1.165) is 5.56 Å². The summed E-state index contributed by atoms with van der Waals surface area (Å²) in [6.07, 6.45) is -0.715. The van der Waals surface area contributed by atoms with Gasteiger partial charge in [0.25, 0.3) is 0 Å². The second-order valence-electron chi connectivity index (χ2n) is 3.99. The Labute approximate surface area is 116 Å². The third-order valence-electron chi connectivity index (χ3n) is 2.64. The molecule has 3 nitrogen and oxygen atoms in total. The highest BCUT2D eigenvalue weighted by Gasteiger charge is 2.09. The first kappa shape index (κ1) is 13.4. The van der Waals surface area contributed by atoms with Gasteiger partial charge in [-0.2, -0.15) is 5.26 Å². The molecule has 0 fully saturated rings. The number of hydrogen-bond acceptors (Lipinski definition) is 3. The van der Waals surface area contributed by atoms with Gasteiger partial charge in [0.15, 0.2) is 0 Å². The van der Waals surface area contributed by atoms with Gasteiger partial charge in [-0.25, -0.2) is 0 Å². The van der Waals surface area contributed by atoms with Gasteiger partial charge >= 0.3 is 0 Å². The second kappa shape index (κ2) is 6.24. The topological polar surface area (TPSA) is 53.2 Å². The molecule has 2 aromatic rings. The van der Waals surface area contributed by atoms with E-state index < -0.39 is 6.10 Å². The summed E-state index contributed by atoms with van der Waals surface area (Å²) < 4.78 is 5.46. The van der Waals surface area contributed by atoms with Gasteiger partial charge in [-0.05, 0) is 23.8 Å². The average Bonchev–Trinajstić information content (AvgIpc) is 2.46. The molecule has 2 aromatic carbocycles. The molecule has 0 aliphatic heterocycles. The summed E-state index contributed by atoms with van der Waals surface area (Å²) in [6, 6.07) is 16.0. The van der Waals surface area contributed by atoms with Crippen molar-refractivity contribution >= 4 is 11.6 Å². The maximum Gasteiger partial charge on any atom is 0.138 e. The molecular formula is C15H12ClNO2. The first-order valence-corrected chi connectivity index (χ1v) is 6.14. The van der Waals surface area contributed by atoms with Gasteiger partial charge in [-0.15, -0.1) is 0 Å². The molecule has 0 saturated carbocycles. The maximum atomic E-state index is 9.95. The highest BCUT2D eigenvalue weighted by atomic mass is 35.5. The minimum Gasteiger partial charge on any atom is -0.489 e. The minimum absolute atomic E-state index is 0.107. The Morgan fingerprint density at radius 3 is 2.58 bits per heavy atom. The fourth-order valence-corrected chi connectivity index (χ4v) is 1.86. The van der Waals surface area contributed by atoms with Crippen LogP contribution in [0.1, 0.15) is 17.2 Å². The lowest BCUT2D eigenvalue weighted by molar-refractivity contribution is 0.108. The Morgan fingerprint density at radius 2 is 1.95 bits per heavy atom. The van der Waals surface area contributed by atoms with Crippen LogP contribution in [0.25, 0.3) is 0 Å². The molecule has 19 heavy (non-hydrogen) atoms. The normalized spacial score (nSPS) is 11.6. The van der Waals surface area contributed by atoms with E-state index in [1.54, 1.807) is 12.1 Å². The van der Waals surface area contributed by atoms with Crippen LogP contribution >= 0.6 is 11.6 Å². The molecule has 0 aliphatic rings. The molecule has 1 atom stereocenters. The van der Waals surface area contributed by atoms with Crippen molar-refractivity contribution in [2.75, 3.05) is 6.61 Å². The minimum atomic E-state index is -0.715. The van der Waals surface area contributed by atoms with Crippen molar-refractivity contribution in [3.8, 4) is 11.8 Å². The Morgan fingerprint density at radius 1 is 1.21 bits per heavy atom. The Hall–Kier alpha value is -2.02. The van der Waals surface area contributed by atoms with Gasteiger partial charge in [-0.1, -0.05) is 41.9 Å². The summed E-state index contributed by atoms with van der Waals surface area (Å²) in [7, 11) is 0. The van der Waals surface area contributed by atoms with E-state index >= 15 is 0 Å². The zero-order valence-corrected chi connectivity index (χ0v) is 10.8. The van der Waals surface area contributed by atoms with Gasteiger partial charge in [0, 0.05) is 0 Å². The van der Waals surface area contributed by atoms with Crippen LogP contribution in [0.5, 0.6) is 5.75 Å². The summed E-state index contributed by atoms with van der Waals surface area (Å²) in [4.78, 5) is 0. The van der Waals surface area contributed by atoms with Crippen molar-refractivity contribution in [1.29, 1.82) is 5.26 Å². The number of ether oxygens (including phenoxy) is 1. The summed E-state index contributed by atoms with van der Waals surface area (Å²) in [5.41, 5.74) is 1.26. The molecule has 2 rings (SSSR count). The van der Waals surface area contributed by atoms with E-state index in [4.69, 9.17) is 21.6 Å². The average molecular weight is 274 g/mol. The van der Waals surface area contributed by atoms with Gasteiger partial charge in [-0.3, -0.25) is 0 Å². The molecule has 1 N–H and O–H groups in total. The maximum absolute atomic E-state index is 9.95. The van der Waals surface area contributed by atoms with E-state index in [2.05, 4.69) is 0 Å². The first-order chi connectivity index (χ1) is 9.20. The third-order valence-corrected chi connectivity index (χ3v) is 2.94. The van der Waals surface area contributed by atoms with Gasteiger partial charge in [0.05, 0.1) is 16.7 Å².